The molecule has 138 valence electrons. The van der Waals surface area contributed by atoms with Crippen LogP contribution in [0.2, 0.25) is 0 Å². The van der Waals surface area contributed by atoms with Gasteiger partial charge in [0.05, 0.1) is 0 Å². The Bertz CT molecular complexity index is 551. The van der Waals surface area contributed by atoms with Gasteiger partial charge in [-0.1, -0.05) is 18.9 Å². The highest BCUT2D eigenvalue weighted by atomic mass is 16.5. The van der Waals surface area contributed by atoms with Crippen LogP contribution in [0.3, 0.4) is 0 Å². The number of nitrogens with one attached hydrogen (secondary N) is 1. The minimum absolute atomic E-state index is 0.0198. The fraction of sp³-hybridized carbons (Fsp3) is 0.667. The second-order valence-corrected chi connectivity index (χ2v) is 7.39. The fourth-order valence-corrected chi connectivity index (χ4v) is 3.89. The van der Waals surface area contributed by atoms with E-state index in [4.69, 9.17) is 4.74 Å². The van der Waals surface area contributed by atoms with Crippen molar-refractivity contribution in [2.45, 2.75) is 57.8 Å². The van der Waals surface area contributed by atoms with Crippen LogP contribution in [-0.4, -0.2) is 43.6 Å². The Hall–Kier alpha value is -1.55. The van der Waals surface area contributed by atoms with Gasteiger partial charge in [-0.25, -0.2) is 0 Å². The molecular weight excluding hydrogens is 312 g/mol. The van der Waals surface area contributed by atoms with E-state index in [1.54, 1.807) is 0 Å². The monoisotopic (exact) mass is 344 g/mol. The summed E-state index contributed by atoms with van der Waals surface area (Å²) in [7, 11) is 0. The molecule has 4 nitrogen and oxygen atoms in total. The van der Waals surface area contributed by atoms with E-state index in [1.165, 1.54) is 69.2 Å². The maximum atomic E-state index is 12.0. The van der Waals surface area contributed by atoms with Crippen molar-refractivity contribution in [1.29, 1.82) is 0 Å². The van der Waals surface area contributed by atoms with Gasteiger partial charge in [-0.15, -0.1) is 0 Å². The summed E-state index contributed by atoms with van der Waals surface area (Å²) >= 11 is 0. The fourth-order valence-electron chi connectivity index (χ4n) is 3.89. The summed E-state index contributed by atoms with van der Waals surface area (Å²) in [4.78, 5) is 14.5. The summed E-state index contributed by atoms with van der Waals surface area (Å²) in [6.07, 6.45) is 11.2. The van der Waals surface area contributed by atoms with Crippen LogP contribution in [0.15, 0.2) is 18.2 Å². The first-order chi connectivity index (χ1) is 12.3. The molecule has 25 heavy (non-hydrogen) atoms. The maximum absolute atomic E-state index is 12.0. The third-order valence-corrected chi connectivity index (χ3v) is 5.36. The first-order valence-electron chi connectivity index (χ1n) is 10.0. The molecule has 0 radical (unpaired) electrons. The van der Waals surface area contributed by atoms with Crippen molar-refractivity contribution in [3.8, 4) is 5.75 Å². The Morgan fingerprint density at radius 3 is 2.56 bits per heavy atom. The van der Waals surface area contributed by atoms with Crippen LogP contribution in [0.4, 0.5) is 0 Å². The van der Waals surface area contributed by atoms with Crippen LogP contribution in [0.25, 0.3) is 0 Å². The highest BCUT2D eigenvalue weighted by molar-refractivity contribution is 5.77. The van der Waals surface area contributed by atoms with Crippen LogP contribution in [0.5, 0.6) is 5.75 Å². The van der Waals surface area contributed by atoms with E-state index in [0.717, 1.165) is 31.7 Å². The number of ether oxygens (including phenoxy) is 1. The molecule has 4 heteroatoms. The molecule has 0 saturated carbocycles. The second-order valence-electron chi connectivity index (χ2n) is 7.39. The molecule has 0 aromatic heterocycles. The van der Waals surface area contributed by atoms with Crippen molar-refractivity contribution in [2.24, 2.45) is 0 Å². The predicted octanol–water partition coefficient (Wildman–Crippen LogP) is 3.33. The van der Waals surface area contributed by atoms with E-state index in [-0.39, 0.29) is 12.5 Å². The van der Waals surface area contributed by atoms with Crippen molar-refractivity contribution in [2.75, 3.05) is 32.8 Å². The van der Waals surface area contributed by atoms with Gasteiger partial charge in [0.25, 0.3) is 5.91 Å². The van der Waals surface area contributed by atoms with Gasteiger partial charge in [0.1, 0.15) is 5.75 Å². The molecule has 1 amide bonds. The number of benzene rings is 1. The van der Waals surface area contributed by atoms with Crippen LogP contribution >= 0.6 is 0 Å². The number of fused-ring (bicyclic) bond motifs is 1. The lowest BCUT2D eigenvalue weighted by Gasteiger charge is -2.19. The van der Waals surface area contributed by atoms with E-state index < -0.39 is 0 Å². The molecule has 1 aromatic carbocycles. The molecule has 0 atom stereocenters. The summed E-state index contributed by atoms with van der Waals surface area (Å²) < 4.78 is 5.67. The van der Waals surface area contributed by atoms with Crippen molar-refractivity contribution in [3.63, 3.8) is 0 Å². The van der Waals surface area contributed by atoms with Crippen molar-refractivity contribution in [3.05, 3.63) is 29.3 Å². The van der Waals surface area contributed by atoms with E-state index in [2.05, 4.69) is 22.3 Å². The topological polar surface area (TPSA) is 41.6 Å². The van der Waals surface area contributed by atoms with E-state index >= 15 is 0 Å². The predicted molar refractivity (Wildman–Crippen MR) is 101 cm³/mol. The number of carbonyl (C=O) groups excluding carboxylic acids is 1. The number of aryl methyl sites for hydroxylation is 2. The quantitative estimate of drug-likeness (QED) is 0.772. The summed E-state index contributed by atoms with van der Waals surface area (Å²) in [6.45, 7) is 4.38. The average molecular weight is 344 g/mol. The van der Waals surface area contributed by atoms with Gasteiger partial charge in [0.2, 0.25) is 0 Å². The van der Waals surface area contributed by atoms with Crippen LogP contribution in [0, 0.1) is 0 Å². The molecule has 0 bridgehead atoms. The van der Waals surface area contributed by atoms with Crippen LogP contribution < -0.4 is 10.1 Å². The minimum atomic E-state index is -0.0198. The number of hydrogen-bond acceptors (Lipinski definition) is 3. The molecule has 1 aromatic rings. The van der Waals surface area contributed by atoms with Gasteiger partial charge >= 0.3 is 0 Å². The highest BCUT2D eigenvalue weighted by Gasteiger charge is 2.11. The third kappa shape index (κ3) is 6.03. The lowest BCUT2D eigenvalue weighted by Crippen LogP contribution is -2.33. The standard InChI is InChI=1S/C21H32N2O2/c24-21(22-12-7-15-23-13-5-1-2-6-14-23)17-25-20-11-10-18-8-3-4-9-19(18)16-20/h10-11,16H,1-9,12-15,17H2,(H,22,24). The Balaban J connectivity index is 1.31. The number of nitrogens with zero attached hydrogens (tertiary/aromatic N) is 1. The van der Waals surface area contributed by atoms with Gasteiger partial charge in [-0.2, -0.15) is 0 Å². The van der Waals surface area contributed by atoms with Crippen molar-refractivity contribution >= 4 is 5.91 Å². The molecule has 1 aliphatic heterocycles. The molecule has 1 saturated heterocycles. The number of hydrogen-bond donors (Lipinski definition) is 1. The summed E-state index contributed by atoms with van der Waals surface area (Å²) in [5, 5.41) is 2.98. The van der Waals surface area contributed by atoms with Gasteiger partial charge in [-0.05, 0) is 87.8 Å². The lowest BCUT2D eigenvalue weighted by atomic mass is 9.92. The Morgan fingerprint density at radius 1 is 1.00 bits per heavy atom. The lowest BCUT2D eigenvalue weighted by molar-refractivity contribution is -0.123. The molecule has 1 heterocycles. The average Bonchev–Trinajstić information content (AvgIpc) is 2.92. The molecule has 1 fully saturated rings. The molecule has 1 aliphatic carbocycles. The van der Waals surface area contributed by atoms with Gasteiger partial charge in [0.15, 0.2) is 6.61 Å². The van der Waals surface area contributed by atoms with Crippen molar-refractivity contribution < 1.29 is 9.53 Å². The van der Waals surface area contributed by atoms with Crippen LogP contribution in [0.1, 0.15) is 56.1 Å². The molecule has 0 unspecified atom stereocenters. The summed E-state index contributed by atoms with van der Waals surface area (Å²) in [5.41, 5.74) is 2.83. The second kappa shape index (κ2) is 9.81. The number of carbonyl (C=O) groups is 1. The first-order valence-corrected chi connectivity index (χ1v) is 10.0. The zero-order valence-corrected chi connectivity index (χ0v) is 15.4. The molecule has 0 spiro atoms. The van der Waals surface area contributed by atoms with Gasteiger partial charge < -0.3 is 15.0 Å². The largest absolute Gasteiger partial charge is 0.484 e. The normalized spacial score (nSPS) is 18.2. The smallest absolute Gasteiger partial charge is 0.257 e. The molecule has 3 rings (SSSR count). The number of likely N-dealkylation sites (tertiary alicyclic amines) is 1. The Kier molecular flexibility index (Phi) is 7.16. The highest BCUT2D eigenvalue weighted by Crippen LogP contribution is 2.25. The zero-order valence-electron chi connectivity index (χ0n) is 15.4. The summed E-state index contributed by atoms with van der Waals surface area (Å²) in [6, 6.07) is 6.26. The first kappa shape index (κ1) is 18.2. The Morgan fingerprint density at radius 2 is 1.76 bits per heavy atom. The van der Waals surface area contributed by atoms with Gasteiger partial charge in [-0.3, -0.25) is 4.79 Å². The third-order valence-electron chi connectivity index (χ3n) is 5.36. The number of amides is 1. The van der Waals surface area contributed by atoms with Crippen LogP contribution in [-0.2, 0) is 17.6 Å². The van der Waals surface area contributed by atoms with Gasteiger partial charge in [0, 0.05) is 6.54 Å². The SMILES string of the molecule is O=C(COc1ccc2c(c1)CCCC2)NCCCN1CCCCCC1. The zero-order chi connectivity index (χ0) is 17.3. The van der Waals surface area contributed by atoms with E-state index in [9.17, 15) is 4.79 Å². The number of rotatable bonds is 7. The molecule has 2 aliphatic rings. The maximum Gasteiger partial charge on any atom is 0.257 e. The summed E-state index contributed by atoms with van der Waals surface area (Å²) in [5.74, 6) is 0.800. The van der Waals surface area contributed by atoms with E-state index in [0.29, 0.717) is 0 Å². The molecular formula is C21H32N2O2. The minimum Gasteiger partial charge on any atom is -0.484 e. The van der Waals surface area contributed by atoms with E-state index in [1.807, 2.05) is 6.07 Å². The molecule has 1 N–H and O–H groups in total. The van der Waals surface area contributed by atoms with Crippen molar-refractivity contribution in [1.82, 2.24) is 10.2 Å². The Labute approximate surface area is 151 Å².